The second-order valence-electron chi connectivity index (χ2n) is 7.74. The molecule has 0 radical (unpaired) electrons. The SMILES string of the molecule is COc1ccccc1N1C(=S)N[C@@H](c2ccccn2)[C@@H]1c1ccc(Sc2ccc(C)cc2)o1. The van der Waals surface area contributed by atoms with Crippen molar-refractivity contribution < 1.29 is 9.15 Å². The Morgan fingerprint density at radius 3 is 2.55 bits per heavy atom. The third-order valence-corrected chi connectivity index (χ3v) is 6.82. The first kappa shape index (κ1) is 21.6. The van der Waals surface area contributed by atoms with Gasteiger partial charge in [-0.3, -0.25) is 4.98 Å². The third-order valence-electron chi connectivity index (χ3n) is 5.58. The van der Waals surface area contributed by atoms with E-state index in [0.717, 1.165) is 32.9 Å². The van der Waals surface area contributed by atoms with Gasteiger partial charge < -0.3 is 19.4 Å². The first-order chi connectivity index (χ1) is 16.1. The molecule has 5 rings (SSSR count). The van der Waals surface area contributed by atoms with Crippen LogP contribution in [0.15, 0.2) is 99.5 Å². The van der Waals surface area contributed by atoms with Gasteiger partial charge in [-0.25, -0.2) is 0 Å². The fraction of sp³-hybridized carbons (Fsp3) is 0.154. The third kappa shape index (κ3) is 4.34. The molecule has 0 saturated carbocycles. The Kier molecular flexibility index (Phi) is 6.07. The molecule has 1 fully saturated rings. The number of anilines is 1. The highest BCUT2D eigenvalue weighted by Crippen LogP contribution is 2.45. The summed E-state index contributed by atoms with van der Waals surface area (Å²) < 4.78 is 12.0. The second-order valence-corrected chi connectivity index (χ2v) is 9.20. The molecule has 2 aromatic heterocycles. The molecule has 0 amide bonds. The first-order valence-corrected chi connectivity index (χ1v) is 11.8. The van der Waals surface area contributed by atoms with Gasteiger partial charge in [0.15, 0.2) is 10.2 Å². The van der Waals surface area contributed by atoms with Crippen molar-refractivity contribution in [3.63, 3.8) is 0 Å². The number of nitrogens with zero attached hydrogens (tertiary/aromatic N) is 2. The van der Waals surface area contributed by atoms with Gasteiger partial charge in [0.25, 0.3) is 0 Å². The Balaban J connectivity index is 1.55. The van der Waals surface area contributed by atoms with Crippen molar-refractivity contribution in [3.05, 3.63) is 102 Å². The molecule has 7 heteroatoms. The molecule has 0 aliphatic carbocycles. The quantitative estimate of drug-likeness (QED) is 0.329. The molecule has 2 aromatic carbocycles. The zero-order valence-corrected chi connectivity index (χ0v) is 19.9. The molecule has 1 saturated heterocycles. The number of aryl methyl sites for hydroxylation is 1. The van der Waals surface area contributed by atoms with Crippen LogP contribution in [0.2, 0.25) is 0 Å². The first-order valence-electron chi connectivity index (χ1n) is 10.6. The summed E-state index contributed by atoms with van der Waals surface area (Å²) >= 11 is 7.39. The van der Waals surface area contributed by atoms with Gasteiger partial charge in [0.05, 0.1) is 24.5 Å². The average Bonchev–Trinajstić information content (AvgIpc) is 3.45. The predicted octanol–water partition coefficient (Wildman–Crippen LogP) is 6.32. The summed E-state index contributed by atoms with van der Waals surface area (Å²) in [6.07, 6.45) is 1.80. The lowest BCUT2D eigenvalue weighted by Gasteiger charge is -2.27. The summed E-state index contributed by atoms with van der Waals surface area (Å²) in [7, 11) is 1.67. The van der Waals surface area contributed by atoms with Crippen molar-refractivity contribution in [1.82, 2.24) is 10.3 Å². The molecule has 0 spiro atoms. The van der Waals surface area contributed by atoms with Crippen molar-refractivity contribution in [2.75, 3.05) is 12.0 Å². The fourth-order valence-corrected chi connectivity index (χ4v) is 5.12. The number of hydrogen-bond acceptors (Lipinski definition) is 5. The van der Waals surface area contributed by atoms with Crippen LogP contribution in [0, 0.1) is 6.92 Å². The van der Waals surface area contributed by atoms with E-state index in [1.54, 1.807) is 25.1 Å². The topological polar surface area (TPSA) is 50.5 Å². The van der Waals surface area contributed by atoms with Crippen LogP contribution in [0.3, 0.4) is 0 Å². The van der Waals surface area contributed by atoms with Crippen molar-refractivity contribution >= 4 is 34.8 Å². The molecule has 2 atom stereocenters. The summed E-state index contributed by atoms with van der Waals surface area (Å²) in [6.45, 7) is 2.08. The van der Waals surface area contributed by atoms with E-state index in [0.29, 0.717) is 5.11 Å². The van der Waals surface area contributed by atoms with Crippen LogP contribution in [0.1, 0.15) is 29.1 Å². The number of rotatable bonds is 6. The normalized spacial score (nSPS) is 17.8. The fourth-order valence-electron chi connectivity index (χ4n) is 4.00. The number of hydrogen-bond donors (Lipinski definition) is 1. The van der Waals surface area contributed by atoms with Gasteiger partial charge >= 0.3 is 0 Å². The lowest BCUT2D eigenvalue weighted by atomic mass is 10.0. The second kappa shape index (κ2) is 9.29. The molecule has 33 heavy (non-hydrogen) atoms. The maximum Gasteiger partial charge on any atom is 0.174 e. The number of thiocarbonyl (C=S) groups is 1. The standard InChI is InChI=1S/C26H23N3O2S2/c1-17-10-12-18(13-11-17)33-23-15-14-22(31-23)25-24(19-7-5-6-16-27-19)28-26(32)29(25)20-8-3-4-9-21(20)30-2/h3-16,24-25H,1-2H3,(H,28,32)/t24-,25-/m0/s1. The Morgan fingerprint density at radius 2 is 1.79 bits per heavy atom. The zero-order chi connectivity index (χ0) is 22.8. The highest BCUT2D eigenvalue weighted by molar-refractivity contribution is 7.99. The summed E-state index contributed by atoms with van der Waals surface area (Å²) in [5.41, 5.74) is 3.01. The lowest BCUT2D eigenvalue weighted by Crippen LogP contribution is -2.29. The van der Waals surface area contributed by atoms with Gasteiger partial charge in [0.2, 0.25) is 0 Å². The molecule has 1 N–H and O–H groups in total. The number of aromatic nitrogens is 1. The summed E-state index contributed by atoms with van der Waals surface area (Å²) in [5.74, 6) is 1.55. The minimum Gasteiger partial charge on any atom is -0.495 e. The van der Waals surface area contributed by atoms with Gasteiger partial charge in [-0.1, -0.05) is 47.7 Å². The Labute approximate surface area is 202 Å². The number of pyridine rings is 1. The molecule has 1 aliphatic rings. The maximum absolute atomic E-state index is 6.38. The summed E-state index contributed by atoms with van der Waals surface area (Å²) in [4.78, 5) is 7.79. The molecule has 0 bridgehead atoms. The minimum atomic E-state index is -0.226. The maximum atomic E-state index is 6.38. The van der Waals surface area contributed by atoms with Crippen LogP contribution in [0.4, 0.5) is 5.69 Å². The van der Waals surface area contributed by atoms with Crippen LogP contribution < -0.4 is 15.0 Å². The molecule has 0 unspecified atom stereocenters. The van der Waals surface area contributed by atoms with Gasteiger partial charge in [0, 0.05) is 11.1 Å². The van der Waals surface area contributed by atoms with Gasteiger partial charge in [-0.15, -0.1) is 0 Å². The van der Waals surface area contributed by atoms with Crippen molar-refractivity contribution in [1.29, 1.82) is 0 Å². The number of ether oxygens (including phenoxy) is 1. The predicted molar refractivity (Wildman–Crippen MR) is 135 cm³/mol. The van der Waals surface area contributed by atoms with Crippen molar-refractivity contribution in [2.45, 2.75) is 29.0 Å². The monoisotopic (exact) mass is 473 g/mol. The molecule has 4 aromatic rings. The Bertz CT molecular complexity index is 1260. The molecule has 3 heterocycles. The smallest absolute Gasteiger partial charge is 0.174 e. The highest BCUT2D eigenvalue weighted by atomic mass is 32.2. The van der Waals surface area contributed by atoms with Crippen molar-refractivity contribution in [2.24, 2.45) is 0 Å². The van der Waals surface area contributed by atoms with Gasteiger partial charge in [0.1, 0.15) is 17.6 Å². The van der Waals surface area contributed by atoms with Gasteiger partial charge in [-0.2, -0.15) is 0 Å². The van der Waals surface area contributed by atoms with E-state index in [9.17, 15) is 0 Å². The Hall–Kier alpha value is -3.29. The van der Waals surface area contributed by atoms with E-state index in [4.69, 9.17) is 21.4 Å². The zero-order valence-electron chi connectivity index (χ0n) is 18.3. The number of furan rings is 1. The number of methoxy groups -OCH3 is 1. The van der Waals surface area contributed by atoms with E-state index in [2.05, 4.69) is 46.4 Å². The van der Waals surface area contributed by atoms with E-state index in [1.807, 2.05) is 54.6 Å². The largest absolute Gasteiger partial charge is 0.495 e. The van der Waals surface area contributed by atoms with E-state index >= 15 is 0 Å². The highest BCUT2D eigenvalue weighted by Gasteiger charge is 2.43. The van der Waals surface area contributed by atoms with E-state index in [-0.39, 0.29) is 12.1 Å². The van der Waals surface area contributed by atoms with Crippen molar-refractivity contribution in [3.8, 4) is 5.75 Å². The molecule has 1 aliphatic heterocycles. The number of para-hydroxylation sites is 2. The number of benzene rings is 2. The van der Waals surface area contributed by atoms with Crippen LogP contribution >= 0.6 is 24.0 Å². The van der Waals surface area contributed by atoms with E-state index < -0.39 is 0 Å². The van der Waals surface area contributed by atoms with Crippen LogP contribution in [0.25, 0.3) is 0 Å². The minimum absolute atomic E-state index is 0.174. The van der Waals surface area contributed by atoms with Crippen LogP contribution in [-0.2, 0) is 0 Å². The lowest BCUT2D eigenvalue weighted by molar-refractivity contribution is 0.380. The van der Waals surface area contributed by atoms with E-state index in [1.165, 1.54) is 5.56 Å². The molecular formula is C26H23N3O2S2. The number of nitrogens with one attached hydrogen (secondary N) is 1. The Morgan fingerprint density at radius 1 is 1.00 bits per heavy atom. The van der Waals surface area contributed by atoms with Gasteiger partial charge in [-0.05, 0) is 67.7 Å². The summed E-state index contributed by atoms with van der Waals surface area (Å²) in [6, 6.07) is 25.8. The molecular weight excluding hydrogens is 450 g/mol. The average molecular weight is 474 g/mol. The van der Waals surface area contributed by atoms with Crippen LogP contribution in [0.5, 0.6) is 5.75 Å². The molecule has 5 nitrogen and oxygen atoms in total. The van der Waals surface area contributed by atoms with Crippen LogP contribution in [-0.4, -0.2) is 17.2 Å². The molecule has 166 valence electrons. The summed E-state index contributed by atoms with van der Waals surface area (Å²) in [5, 5.41) is 4.88.